The largest absolute Gasteiger partial charge is 0.322 e. The number of primary sulfonamides is 1. The van der Waals surface area contributed by atoms with Crippen LogP contribution >= 0.6 is 0 Å². The first-order valence-corrected chi connectivity index (χ1v) is 8.02. The molecule has 3 N–H and O–H groups in total. The highest BCUT2D eigenvalue weighted by Crippen LogP contribution is 2.21. The Hall–Kier alpha value is -2.85. The number of rotatable bonds is 4. The molecule has 0 saturated heterocycles. The van der Waals surface area contributed by atoms with E-state index in [1.165, 1.54) is 19.1 Å². The Labute approximate surface area is 136 Å². The number of sulfonamides is 1. The molecule has 8 nitrogen and oxygen atoms in total. The van der Waals surface area contributed by atoms with Gasteiger partial charge in [0.2, 0.25) is 10.0 Å². The van der Waals surface area contributed by atoms with Gasteiger partial charge in [-0.1, -0.05) is 6.07 Å². The first-order valence-electron chi connectivity index (χ1n) is 6.48. The Morgan fingerprint density at radius 3 is 2.50 bits per heavy atom. The van der Waals surface area contributed by atoms with E-state index < -0.39 is 31.6 Å². The molecule has 1 amide bonds. The number of aryl methyl sites for hydroxylation is 1. The second kappa shape index (κ2) is 6.34. The molecule has 0 aromatic heterocycles. The molecular weight excluding hydrogens is 341 g/mol. The van der Waals surface area contributed by atoms with Gasteiger partial charge in [0.05, 0.1) is 9.82 Å². The van der Waals surface area contributed by atoms with E-state index in [9.17, 15) is 27.7 Å². The molecular formula is C14H12FN3O5S. The summed E-state index contributed by atoms with van der Waals surface area (Å²) in [5.41, 5.74) is -0.0492. The molecule has 0 saturated carbocycles. The van der Waals surface area contributed by atoms with Crippen molar-refractivity contribution in [2.75, 3.05) is 5.32 Å². The highest BCUT2D eigenvalue weighted by Gasteiger charge is 2.17. The summed E-state index contributed by atoms with van der Waals surface area (Å²) in [6, 6.07) is 6.42. The van der Waals surface area contributed by atoms with Crippen molar-refractivity contribution >= 4 is 27.3 Å². The zero-order valence-corrected chi connectivity index (χ0v) is 13.1. The van der Waals surface area contributed by atoms with Gasteiger partial charge in [-0.15, -0.1) is 0 Å². The smallest absolute Gasteiger partial charge is 0.273 e. The van der Waals surface area contributed by atoms with Crippen LogP contribution in [-0.2, 0) is 10.0 Å². The molecule has 0 spiro atoms. The Bertz CT molecular complexity index is 943. The van der Waals surface area contributed by atoms with Crippen LogP contribution in [0.2, 0.25) is 0 Å². The molecule has 2 rings (SSSR count). The van der Waals surface area contributed by atoms with Crippen LogP contribution in [0.1, 0.15) is 15.9 Å². The maximum absolute atomic E-state index is 13.5. The Morgan fingerprint density at radius 1 is 1.25 bits per heavy atom. The number of nitrogens with two attached hydrogens (primary N) is 1. The molecule has 0 heterocycles. The van der Waals surface area contributed by atoms with Gasteiger partial charge in [0.15, 0.2) is 0 Å². The summed E-state index contributed by atoms with van der Waals surface area (Å²) in [5.74, 6) is -1.67. The highest BCUT2D eigenvalue weighted by atomic mass is 32.2. The summed E-state index contributed by atoms with van der Waals surface area (Å²) in [6.07, 6.45) is 0. The minimum Gasteiger partial charge on any atom is -0.322 e. The van der Waals surface area contributed by atoms with Crippen molar-refractivity contribution < 1.29 is 22.5 Å². The van der Waals surface area contributed by atoms with Gasteiger partial charge >= 0.3 is 0 Å². The standard InChI is InChI=1S/C14H12FN3O5S/c1-8-2-3-9(4-13(8)18(20)21)14(19)17-11-5-10(15)6-12(7-11)24(16,22)23/h2-7H,1H3,(H,17,19)(H2,16,22,23). The second-order valence-corrected chi connectivity index (χ2v) is 6.49. The van der Waals surface area contributed by atoms with Crippen molar-refractivity contribution in [3.8, 4) is 0 Å². The van der Waals surface area contributed by atoms with Gasteiger partial charge in [-0.3, -0.25) is 14.9 Å². The Morgan fingerprint density at radius 2 is 1.92 bits per heavy atom. The van der Waals surface area contributed by atoms with E-state index in [0.29, 0.717) is 11.6 Å². The number of carbonyl (C=O) groups is 1. The first kappa shape index (κ1) is 17.5. The van der Waals surface area contributed by atoms with Crippen LogP contribution in [0.3, 0.4) is 0 Å². The van der Waals surface area contributed by atoms with E-state index in [2.05, 4.69) is 5.32 Å². The summed E-state index contributed by atoms with van der Waals surface area (Å²) < 4.78 is 36.0. The number of hydrogen-bond donors (Lipinski definition) is 2. The van der Waals surface area contributed by atoms with E-state index in [-0.39, 0.29) is 16.9 Å². The highest BCUT2D eigenvalue weighted by molar-refractivity contribution is 7.89. The van der Waals surface area contributed by atoms with Gasteiger partial charge in [0.1, 0.15) is 5.82 Å². The predicted molar refractivity (Wildman–Crippen MR) is 83.6 cm³/mol. The topological polar surface area (TPSA) is 132 Å². The summed E-state index contributed by atoms with van der Waals surface area (Å²) >= 11 is 0. The van der Waals surface area contributed by atoms with Gasteiger partial charge in [0.25, 0.3) is 11.6 Å². The molecule has 2 aromatic carbocycles. The van der Waals surface area contributed by atoms with Crippen LogP contribution in [0.4, 0.5) is 15.8 Å². The molecule has 0 aliphatic carbocycles. The maximum atomic E-state index is 13.5. The zero-order valence-electron chi connectivity index (χ0n) is 12.3. The lowest BCUT2D eigenvalue weighted by molar-refractivity contribution is -0.385. The van der Waals surface area contributed by atoms with Crippen LogP contribution in [0.15, 0.2) is 41.3 Å². The summed E-state index contributed by atoms with van der Waals surface area (Å²) in [5, 5.41) is 18.1. The quantitative estimate of drug-likeness (QED) is 0.640. The van der Waals surface area contributed by atoms with Gasteiger partial charge < -0.3 is 5.32 Å². The number of carbonyl (C=O) groups excluding carboxylic acids is 1. The number of nitrogens with zero attached hydrogens (tertiary/aromatic N) is 1. The SMILES string of the molecule is Cc1ccc(C(=O)Nc2cc(F)cc(S(N)(=O)=O)c2)cc1[N+](=O)[O-]. The maximum Gasteiger partial charge on any atom is 0.273 e. The molecule has 2 aromatic rings. The predicted octanol–water partition coefficient (Wildman–Crippen LogP) is 1.94. The lowest BCUT2D eigenvalue weighted by atomic mass is 10.1. The number of benzene rings is 2. The third-order valence-corrected chi connectivity index (χ3v) is 4.02. The molecule has 0 aliphatic rings. The number of nitro benzene ring substituents is 1. The van der Waals surface area contributed by atoms with Gasteiger partial charge in [-0.2, -0.15) is 0 Å². The van der Waals surface area contributed by atoms with Crippen LogP contribution in [0.25, 0.3) is 0 Å². The number of hydrogen-bond acceptors (Lipinski definition) is 5. The monoisotopic (exact) mass is 353 g/mol. The van der Waals surface area contributed by atoms with Gasteiger partial charge in [-0.05, 0) is 31.2 Å². The molecule has 126 valence electrons. The molecule has 24 heavy (non-hydrogen) atoms. The molecule has 0 radical (unpaired) electrons. The van der Waals surface area contributed by atoms with Crippen molar-refractivity contribution in [3.63, 3.8) is 0 Å². The van der Waals surface area contributed by atoms with Crippen molar-refractivity contribution in [3.05, 3.63) is 63.5 Å². The summed E-state index contributed by atoms with van der Waals surface area (Å²) in [6.45, 7) is 1.52. The fourth-order valence-corrected chi connectivity index (χ4v) is 2.52. The third kappa shape index (κ3) is 3.91. The zero-order chi connectivity index (χ0) is 18.1. The normalized spacial score (nSPS) is 11.1. The molecule has 0 bridgehead atoms. The van der Waals surface area contributed by atoms with Crippen LogP contribution < -0.4 is 10.5 Å². The molecule has 0 aliphatic heterocycles. The van der Waals surface area contributed by atoms with Crippen LogP contribution in [0, 0.1) is 22.9 Å². The van der Waals surface area contributed by atoms with E-state index in [4.69, 9.17) is 5.14 Å². The second-order valence-electron chi connectivity index (χ2n) is 4.93. The average Bonchev–Trinajstić information content (AvgIpc) is 2.45. The molecule has 10 heteroatoms. The average molecular weight is 353 g/mol. The molecule has 0 unspecified atom stereocenters. The van der Waals surface area contributed by atoms with E-state index >= 15 is 0 Å². The lowest BCUT2D eigenvalue weighted by Gasteiger charge is -2.08. The number of amides is 1. The van der Waals surface area contributed by atoms with E-state index in [1.807, 2.05) is 0 Å². The van der Waals surface area contributed by atoms with E-state index in [1.54, 1.807) is 0 Å². The van der Waals surface area contributed by atoms with Gasteiger partial charge in [-0.25, -0.2) is 17.9 Å². The van der Waals surface area contributed by atoms with Crippen molar-refractivity contribution in [2.24, 2.45) is 5.14 Å². The van der Waals surface area contributed by atoms with Crippen LogP contribution in [-0.4, -0.2) is 19.2 Å². The molecule has 0 fully saturated rings. The Balaban J connectivity index is 2.35. The van der Waals surface area contributed by atoms with E-state index in [0.717, 1.165) is 18.2 Å². The fourth-order valence-electron chi connectivity index (χ4n) is 1.95. The number of nitro groups is 1. The Kier molecular flexibility index (Phi) is 4.62. The van der Waals surface area contributed by atoms with Crippen molar-refractivity contribution in [1.29, 1.82) is 0 Å². The summed E-state index contributed by atoms with van der Waals surface area (Å²) in [7, 11) is -4.15. The van der Waals surface area contributed by atoms with Gasteiger partial charge in [0, 0.05) is 22.9 Å². The minimum absolute atomic E-state index is 0.0336. The lowest BCUT2D eigenvalue weighted by Crippen LogP contribution is -2.15. The van der Waals surface area contributed by atoms with Crippen molar-refractivity contribution in [1.82, 2.24) is 0 Å². The summed E-state index contributed by atoms with van der Waals surface area (Å²) in [4.78, 5) is 21.9. The number of anilines is 1. The number of nitrogens with one attached hydrogen (secondary N) is 1. The minimum atomic E-state index is -4.15. The third-order valence-electron chi connectivity index (χ3n) is 3.13. The van der Waals surface area contributed by atoms with Crippen LogP contribution in [0.5, 0.6) is 0 Å². The number of halogens is 1. The van der Waals surface area contributed by atoms with Crippen molar-refractivity contribution in [2.45, 2.75) is 11.8 Å². The first-order chi connectivity index (χ1) is 11.1. The fraction of sp³-hybridized carbons (Fsp3) is 0.0714. The molecule has 0 atom stereocenters.